The lowest BCUT2D eigenvalue weighted by Gasteiger charge is -2.20. The lowest BCUT2D eigenvalue weighted by atomic mass is 10.1. The van der Waals surface area contributed by atoms with E-state index in [0.717, 1.165) is 30.5 Å². The first-order chi connectivity index (χ1) is 7.76. The Morgan fingerprint density at radius 3 is 2.35 bits per heavy atom. The van der Waals surface area contributed by atoms with E-state index in [9.17, 15) is 4.79 Å². The zero-order valence-corrected chi connectivity index (χ0v) is 10.9. The molecule has 0 aromatic heterocycles. The van der Waals surface area contributed by atoms with Gasteiger partial charge in [-0.15, -0.1) is 12.4 Å². The summed E-state index contributed by atoms with van der Waals surface area (Å²) in [5.41, 5.74) is 7.36. The summed E-state index contributed by atoms with van der Waals surface area (Å²) < 4.78 is 0. The fraction of sp³-hybridized carbons (Fsp3) is 0.462. The largest absolute Gasteiger partial charge is 0.336 e. The van der Waals surface area contributed by atoms with Crippen molar-refractivity contribution in [3.63, 3.8) is 0 Å². The summed E-state index contributed by atoms with van der Waals surface area (Å²) in [7, 11) is 0. The zero-order valence-electron chi connectivity index (χ0n) is 10.1. The van der Waals surface area contributed by atoms with Gasteiger partial charge in [-0.2, -0.15) is 0 Å². The molecule has 0 saturated heterocycles. The number of carbonyl (C=O) groups excluding carboxylic acids is 1. The summed E-state index contributed by atoms with van der Waals surface area (Å²) in [6, 6.07) is 8.07. The van der Waals surface area contributed by atoms with Crippen LogP contribution in [0.4, 0.5) is 0 Å². The van der Waals surface area contributed by atoms with Crippen LogP contribution in [0.25, 0.3) is 0 Å². The number of hydrogen-bond donors (Lipinski definition) is 1. The molecule has 0 atom stereocenters. The minimum Gasteiger partial charge on any atom is -0.336 e. The topological polar surface area (TPSA) is 46.3 Å². The van der Waals surface area contributed by atoms with Gasteiger partial charge in [0.2, 0.25) is 0 Å². The first-order valence-electron chi connectivity index (χ1n) is 5.86. The Kier molecular flexibility index (Phi) is 4.97. The fourth-order valence-electron chi connectivity index (χ4n) is 1.90. The molecule has 0 heterocycles. The molecule has 1 saturated carbocycles. The highest BCUT2D eigenvalue weighted by Crippen LogP contribution is 2.27. The van der Waals surface area contributed by atoms with Gasteiger partial charge in [0, 0.05) is 24.7 Å². The molecule has 4 heteroatoms. The number of hydrogen-bond acceptors (Lipinski definition) is 2. The average Bonchev–Trinajstić information content (AvgIpc) is 3.14. The number of carbonyl (C=O) groups is 1. The Balaban J connectivity index is 0.00000144. The van der Waals surface area contributed by atoms with Crippen molar-refractivity contribution in [1.82, 2.24) is 4.90 Å². The van der Waals surface area contributed by atoms with Crippen LogP contribution in [-0.4, -0.2) is 23.4 Å². The average molecular weight is 255 g/mol. The first-order valence-corrected chi connectivity index (χ1v) is 5.86. The van der Waals surface area contributed by atoms with Crippen LogP contribution >= 0.6 is 12.4 Å². The van der Waals surface area contributed by atoms with Gasteiger partial charge in [0.05, 0.1) is 0 Å². The van der Waals surface area contributed by atoms with Crippen molar-refractivity contribution in [3.05, 3.63) is 35.4 Å². The number of halogens is 1. The van der Waals surface area contributed by atoms with E-state index in [1.807, 2.05) is 36.1 Å². The fourth-order valence-corrected chi connectivity index (χ4v) is 1.90. The van der Waals surface area contributed by atoms with Crippen LogP contribution in [-0.2, 0) is 6.54 Å². The maximum Gasteiger partial charge on any atom is 0.254 e. The van der Waals surface area contributed by atoms with Gasteiger partial charge in [-0.05, 0) is 37.5 Å². The van der Waals surface area contributed by atoms with Gasteiger partial charge < -0.3 is 10.6 Å². The third kappa shape index (κ3) is 3.20. The summed E-state index contributed by atoms with van der Waals surface area (Å²) in [6.07, 6.45) is 2.31. The highest BCUT2D eigenvalue weighted by molar-refractivity contribution is 5.94. The standard InChI is InChI=1S/C13H18N2O.ClH/c1-2-15(12-7-8-12)13(16)11-5-3-10(9-14)4-6-11;/h3-6,12H,2,7-9,14H2,1H3;1H. The minimum atomic E-state index is 0. The molecule has 2 rings (SSSR count). The predicted octanol–water partition coefficient (Wildman–Crippen LogP) is 2.19. The molecule has 0 bridgehead atoms. The maximum atomic E-state index is 12.2. The molecule has 0 radical (unpaired) electrons. The molecule has 0 spiro atoms. The van der Waals surface area contributed by atoms with Gasteiger partial charge in [0.25, 0.3) is 5.91 Å². The third-order valence-corrected chi connectivity index (χ3v) is 3.03. The van der Waals surface area contributed by atoms with Crippen LogP contribution < -0.4 is 5.73 Å². The second-order valence-electron chi connectivity index (χ2n) is 4.22. The molecule has 2 N–H and O–H groups in total. The highest BCUT2D eigenvalue weighted by atomic mass is 35.5. The number of rotatable bonds is 4. The molecular formula is C13H19ClN2O. The molecule has 0 aliphatic heterocycles. The van der Waals surface area contributed by atoms with Crippen molar-refractivity contribution < 1.29 is 4.79 Å². The lowest BCUT2D eigenvalue weighted by molar-refractivity contribution is 0.0752. The van der Waals surface area contributed by atoms with Crippen LogP contribution in [0.3, 0.4) is 0 Å². The summed E-state index contributed by atoms with van der Waals surface area (Å²) >= 11 is 0. The van der Waals surface area contributed by atoms with Crippen LogP contribution in [0.1, 0.15) is 35.7 Å². The molecule has 1 aliphatic carbocycles. The molecule has 1 amide bonds. The first kappa shape index (κ1) is 14.0. The Bertz CT molecular complexity index is 374. The smallest absolute Gasteiger partial charge is 0.254 e. The van der Waals surface area contributed by atoms with E-state index in [2.05, 4.69) is 0 Å². The van der Waals surface area contributed by atoms with Crippen LogP contribution in [0.15, 0.2) is 24.3 Å². The summed E-state index contributed by atoms with van der Waals surface area (Å²) in [4.78, 5) is 14.1. The molecular weight excluding hydrogens is 236 g/mol. The predicted molar refractivity (Wildman–Crippen MR) is 71.3 cm³/mol. The van der Waals surface area contributed by atoms with Gasteiger partial charge >= 0.3 is 0 Å². The normalized spacial score (nSPS) is 14.0. The Morgan fingerprint density at radius 1 is 1.35 bits per heavy atom. The van der Waals surface area contributed by atoms with Crippen molar-refractivity contribution in [3.8, 4) is 0 Å². The summed E-state index contributed by atoms with van der Waals surface area (Å²) in [5.74, 6) is 0.147. The van der Waals surface area contributed by atoms with Gasteiger partial charge in [-0.1, -0.05) is 12.1 Å². The number of nitrogens with two attached hydrogens (primary N) is 1. The Labute approximate surface area is 108 Å². The molecule has 94 valence electrons. The van der Waals surface area contributed by atoms with E-state index in [4.69, 9.17) is 5.73 Å². The van der Waals surface area contributed by atoms with Crippen molar-refractivity contribution in [2.75, 3.05) is 6.54 Å². The molecule has 17 heavy (non-hydrogen) atoms. The van der Waals surface area contributed by atoms with Crippen molar-refractivity contribution in [2.24, 2.45) is 5.73 Å². The third-order valence-electron chi connectivity index (χ3n) is 3.03. The van der Waals surface area contributed by atoms with Gasteiger partial charge in [-0.3, -0.25) is 4.79 Å². The van der Waals surface area contributed by atoms with Crippen molar-refractivity contribution in [2.45, 2.75) is 32.4 Å². The molecule has 1 aliphatic rings. The monoisotopic (exact) mass is 254 g/mol. The molecule has 1 fully saturated rings. The second kappa shape index (κ2) is 6.03. The minimum absolute atomic E-state index is 0. The maximum absolute atomic E-state index is 12.2. The second-order valence-corrected chi connectivity index (χ2v) is 4.22. The number of benzene rings is 1. The van der Waals surface area contributed by atoms with E-state index in [1.54, 1.807) is 0 Å². The zero-order chi connectivity index (χ0) is 11.5. The number of amides is 1. The molecule has 0 unspecified atom stereocenters. The van der Waals surface area contributed by atoms with Gasteiger partial charge in [-0.25, -0.2) is 0 Å². The van der Waals surface area contributed by atoms with E-state index in [1.165, 1.54) is 0 Å². The van der Waals surface area contributed by atoms with Crippen molar-refractivity contribution in [1.29, 1.82) is 0 Å². The summed E-state index contributed by atoms with van der Waals surface area (Å²) in [6.45, 7) is 3.35. The molecule has 1 aromatic carbocycles. The van der Waals surface area contributed by atoms with E-state index < -0.39 is 0 Å². The van der Waals surface area contributed by atoms with E-state index in [-0.39, 0.29) is 18.3 Å². The SMILES string of the molecule is CCN(C(=O)c1ccc(CN)cc1)C1CC1.Cl. The molecule has 1 aromatic rings. The van der Waals surface area contributed by atoms with E-state index in [0.29, 0.717) is 12.6 Å². The van der Waals surface area contributed by atoms with Gasteiger partial charge in [0.1, 0.15) is 0 Å². The number of nitrogens with zero attached hydrogens (tertiary/aromatic N) is 1. The van der Waals surface area contributed by atoms with Crippen molar-refractivity contribution >= 4 is 18.3 Å². The van der Waals surface area contributed by atoms with Crippen LogP contribution in [0, 0.1) is 0 Å². The Hall–Kier alpha value is -1.06. The highest BCUT2D eigenvalue weighted by Gasteiger charge is 2.31. The van der Waals surface area contributed by atoms with Gasteiger partial charge in [0.15, 0.2) is 0 Å². The lowest BCUT2D eigenvalue weighted by Crippen LogP contribution is -2.32. The van der Waals surface area contributed by atoms with E-state index >= 15 is 0 Å². The van der Waals surface area contributed by atoms with Crippen LogP contribution in [0.5, 0.6) is 0 Å². The quantitative estimate of drug-likeness (QED) is 0.895. The Morgan fingerprint density at radius 2 is 1.94 bits per heavy atom. The van der Waals surface area contributed by atoms with Crippen LogP contribution in [0.2, 0.25) is 0 Å². The summed E-state index contributed by atoms with van der Waals surface area (Å²) in [5, 5.41) is 0. The molecule has 3 nitrogen and oxygen atoms in total.